The molecule has 7 heteroatoms. The Morgan fingerprint density at radius 2 is 1.95 bits per heavy atom. The largest absolute Gasteiger partial charge is 0.487 e. The molecule has 0 aliphatic carbocycles. The van der Waals surface area contributed by atoms with Gasteiger partial charge in [0.25, 0.3) is 0 Å². The standard InChI is InChI=1S/C14H15NO6/c1-14(2)6-7-4-3-5-8(10(7)21-14)9(12(17)18)15-11(16)13(19)20/h3-5,9H,6H2,1-2H3,(H,15,16)(H,17,18)(H,19,20). The second-order valence-electron chi connectivity index (χ2n) is 5.42. The molecule has 1 unspecified atom stereocenters. The van der Waals surface area contributed by atoms with Gasteiger partial charge in [0.1, 0.15) is 11.4 Å². The Kier molecular flexibility index (Phi) is 3.59. The molecule has 1 heterocycles. The van der Waals surface area contributed by atoms with Crippen molar-refractivity contribution in [3.63, 3.8) is 0 Å². The number of fused-ring (bicyclic) bond motifs is 1. The molecule has 1 amide bonds. The molecule has 3 N–H and O–H groups in total. The van der Waals surface area contributed by atoms with Crippen molar-refractivity contribution < 1.29 is 29.3 Å². The molecule has 0 bridgehead atoms. The molecule has 1 aromatic carbocycles. The fourth-order valence-corrected chi connectivity index (χ4v) is 2.33. The summed E-state index contributed by atoms with van der Waals surface area (Å²) in [5, 5.41) is 19.8. The molecular weight excluding hydrogens is 278 g/mol. The third-order valence-corrected chi connectivity index (χ3v) is 3.15. The van der Waals surface area contributed by atoms with Gasteiger partial charge in [-0.2, -0.15) is 0 Å². The molecule has 1 aliphatic rings. The molecule has 112 valence electrons. The molecule has 0 saturated heterocycles. The van der Waals surface area contributed by atoms with Crippen LogP contribution >= 0.6 is 0 Å². The summed E-state index contributed by atoms with van der Waals surface area (Å²) in [7, 11) is 0. The van der Waals surface area contributed by atoms with E-state index in [4.69, 9.17) is 9.84 Å². The van der Waals surface area contributed by atoms with E-state index in [0.29, 0.717) is 12.2 Å². The third kappa shape index (κ3) is 2.96. The summed E-state index contributed by atoms with van der Waals surface area (Å²) in [4.78, 5) is 33.2. The monoisotopic (exact) mass is 293 g/mol. The number of nitrogens with one attached hydrogen (secondary N) is 1. The first-order valence-electron chi connectivity index (χ1n) is 6.28. The van der Waals surface area contributed by atoms with Crippen LogP contribution in [0.4, 0.5) is 0 Å². The third-order valence-electron chi connectivity index (χ3n) is 3.15. The predicted octanol–water partition coefficient (Wildman–Crippen LogP) is 0.727. The number of carboxylic acids is 2. The number of para-hydroxylation sites is 1. The Labute approximate surface area is 120 Å². The van der Waals surface area contributed by atoms with E-state index in [1.54, 1.807) is 6.07 Å². The minimum Gasteiger partial charge on any atom is -0.487 e. The molecule has 1 aromatic rings. The first-order valence-corrected chi connectivity index (χ1v) is 6.28. The maximum absolute atomic E-state index is 11.4. The lowest BCUT2D eigenvalue weighted by atomic mass is 9.98. The summed E-state index contributed by atoms with van der Waals surface area (Å²) in [6.45, 7) is 3.73. The summed E-state index contributed by atoms with van der Waals surface area (Å²) in [6, 6.07) is 3.49. The van der Waals surface area contributed by atoms with E-state index in [1.165, 1.54) is 6.07 Å². The number of amides is 1. The minimum absolute atomic E-state index is 0.236. The second kappa shape index (κ2) is 5.08. The maximum Gasteiger partial charge on any atom is 0.394 e. The average molecular weight is 293 g/mol. The summed E-state index contributed by atoms with van der Waals surface area (Å²) in [6.07, 6.45) is 0.607. The van der Waals surface area contributed by atoms with Gasteiger partial charge in [0.05, 0.1) is 0 Å². The van der Waals surface area contributed by atoms with E-state index in [2.05, 4.69) is 0 Å². The average Bonchev–Trinajstić information content (AvgIpc) is 2.68. The van der Waals surface area contributed by atoms with Crippen LogP contribution in [-0.4, -0.2) is 33.7 Å². The highest BCUT2D eigenvalue weighted by molar-refractivity contribution is 6.31. The molecule has 0 fully saturated rings. The number of carboxylic acid groups (broad SMARTS) is 2. The van der Waals surface area contributed by atoms with Crippen LogP contribution in [0.25, 0.3) is 0 Å². The number of hydrogen-bond donors (Lipinski definition) is 3. The Bertz CT molecular complexity index is 622. The lowest BCUT2D eigenvalue weighted by Gasteiger charge is -2.20. The van der Waals surface area contributed by atoms with Crippen LogP contribution in [0.1, 0.15) is 31.0 Å². The number of carbonyl (C=O) groups excluding carboxylic acids is 1. The lowest BCUT2D eigenvalue weighted by molar-refractivity contribution is -0.152. The number of rotatable bonds is 3. The minimum atomic E-state index is -1.74. The van der Waals surface area contributed by atoms with Crippen molar-refractivity contribution in [3.05, 3.63) is 29.3 Å². The quantitative estimate of drug-likeness (QED) is 0.708. The first kappa shape index (κ1) is 14.8. The van der Waals surface area contributed by atoms with Gasteiger partial charge in [0.15, 0.2) is 6.04 Å². The molecule has 21 heavy (non-hydrogen) atoms. The van der Waals surface area contributed by atoms with Gasteiger partial charge in [-0.15, -0.1) is 0 Å². The predicted molar refractivity (Wildman–Crippen MR) is 71.0 cm³/mol. The van der Waals surface area contributed by atoms with E-state index < -0.39 is 29.5 Å². The van der Waals surface area contributed by atoms with Crippen molar-refractivity contribution in [2.45, 2.75) is 31.9 Å². The highest BCUT2D eigenvalue weighted by Gasteiger charge is 2.36. The molecule has 0 saturated carbocycles. The van der Waals surface area contributed by atoms with Crippen LogP contribution in [0.2, 0.25) is 0 Å². The van der Waals surface area contributed by atoms with Crippen LogP contribution in [-0.2, 0) is 20.8 Å². The van der Waals surface area contributed by atoms with Crippen molar-refractivity contribution in [1.82, 2.24) is 5.32 Å². The zero-order valence-corrected chi connectivity index (χ0v) is 11.5. The van der Waals surface area contributed by atoms with Gasteiger partial charge < -0.3 is 20.3 Å². The van der Waals surface area contributed by atoms with E-state index in [0.717, 1.165) is 5.56 Å². The topological polar surface area (TPSA) is 113 Å². The molecule has 1 aliphatic heterocycles. The zero-order valence-electron chi connectivity index (χ0n) is 11.5. The van der Waals surface area contributed by atoms with Crippen molar-refractivity contribution in [3.8, 4) is 5.75 Å². The zero-order chi connectivity index (χ0) is 15.8. The molecule has 0 spiro atoms. The number of hydrogen-bond acceptors (Lipinski definition) is 4. The van der Waals surface area contributed by atoms with Crippen molar-refractivity contribution >= 4 is 17.8 Å². The summed E-state index contributed by atoms with van der Waals surface area (Å²) >= 11 is 0. The molecule has 2 rings (SSSR count). The summed E-state index contributed by atoms with van der Waals surface area (Å²) < 4.78 is 5.74. The molecular formula is C14H15NO6. The van der Waals surface area contributed by atoms with E-state index in [9.17, 15) is 19.5 Å². The normalized spacial score (nSPS) is 16.5. The van der Waals surface area contributed by atoms with Gasteiger partial charge in [0, 0.05) is 12.0 Å². The van der Waals surface area contributed by atoms with Crippen LogP contribution in [0.5, 0.6) is 5.75 Å². The Morgan fingerprint density at radius 1 is 1.29 bits per heavy atom. The van der Waals surface area contributed by atoms with Crippen LogP contribution in [0.15, 0.2) is 18.2 Å². The Morgan fingerprint density at radius 3 is 2.52 bits per heavy atom. The van der Waals surface area contributed by atoms with E-state index in [1.807, 2.05) is 25.2 Å². The Hall–Kier alpha value is -2.57. The Balaban J connectivity index is 2.40. The molecule has 0 aromatic heterocycles. The van der Waals surface area contributed by atoms with Crippen molar-refractivity contribution in [2.75, 3.05) is 0 Å². The summed E-state index contributed by atoms with van der Waals surface area (Å²) in [5.74, 6) is -4.08. The smallest absolute Gasteiger partial charge is 0.394 e. The van der Waals surface area contributed by atoms with Crippen molar-refractivity contribution in [2.24, 2.45) is 0 Å². The van der Waals surface area contributed by atoms with Crippen LogP contribution < -0.4 is 10.1 Å². The number of ether oxygens (including phenoxy) is 1. The van der Waals surface area contributed by atoms with Gasteiger partial charge in [-0.3, -0.25) is 4.79 Å². The van der Waals surface area contributed by atoms with Gasteiger partial charge in [-0.1, -0.05) is 18.2 Å². The highest BCUT2D eigenvalue weighted by Crippen LogP contribution is 2.40. The summed E-state index contributed by atoms with van der Waals surface area (Å²) in [5.41, 5.74) is 0.590. The van der Waals surface area contributed by atoms with Gasteiger partial charge in [-0.05, 0) is 19.4 Å². The maximum atomic E-state index is 11.4. The van der Waals surface area contributed by atoms with Crippen LogP contribution in [0.3, 0.4) is 0 Å². The fourth-order valence-electron chi connectivity index (χ4n) is 2.33. The van der Waals surface area contributed by atoms with Crippen LogP contribution in [0, 0.1) is 0 Å². The number of carbonyl (C=O) groups is 3. The fraction of sp³-hybridized carbons (Fsp3) is 0.357. The highest BCUT2D eigenvalue weighted by atomic mass is 16.5. The van der Waals surface area contributed by atoms with Gasteiger partial charge in [-0.25, -0.2) is 9.59 Å². The molecule has 0 radical (unpaired) electrons. The number of benzene rings is 1. The SMILES string of the molecule is CC1(C)Cc2cccc(C(NC(=O)C(=O)O)C(=O)O)c2O1. The second-order valence-corrected chi connectivity index (χ2v) is 5.42. The van der Waals surface area contributed by atoms with Gasteiger partial charge in [0.2, 0.25) is 0 Å². The molecule has 1 atom stereocenters. The number of aliphatic carboxylic acids is 2. The molecule has 7 nitrogen and oxygen atoms in total. The van der Waals surface area contributed by atoms with E-state index >= 15 is 0 Å². The first-order chi connectivity index (χ1) is 9.71. The van der Waals surface area contributed by atoms with Gasteiger partial charge >= 0.3 is 17.8 Å². The lowest BCUT2D eigenvalue weighted by Crippen LogP contribution is -2.38. The van der Waals surface area contributed by atoms with E-state index in [-0.39, 0.29) is 5.56 Å². The van der Waals surface area contributed by atoms with Crippen molar-refractivity contribution in [1.29, 1.82) is 0 Å².